The van der Waals surface area contributed by atoms with Crippen molar-refractivity contribution in [1.82, 2.24) is 15.8 Å². The molecule has 11 heavy (non-hydrogen) atoms. The van der Waals surface area contributed by atoms with E-state index >= 15 is 0 Å². The van der Waals surface area contributed by atoms with Gasteiger partial charge in [0.05, 0.1) is 6.67 Å². The van der Waals surface area contributed by atoms with Gasteiger partial charge in [0.15, 0.2) is 0 Å². The number of hydrogen-bond donors (Lipinski definition) is 2. The van der Waals surface area contributed by atoms with Crippen LogP contribution in [0.15, 0.2) is 0 Å². The van der Waals surface area contributed by atoms with Gasteiger partial charge in [-0.05, 0) is 6.42 Å². The van der Waals surface area contributed by atoms with Gasteiger partial charge in [-0.2, -0.15) is 0 Å². The maximum atomic E-state index is 10.9. The van der Waals surface area contributed by atoms with E-state index in [4.69, 9.17) is 0 Å². The topological polar surface area (TPSA) is 44.4 Å². The molecule has 0 aromatic carbocycles. The van der Waals surface area contributed by atoms with E-state index in [1.807, 2.05) is 0 Å². The highest BCUT2D eigenvalue weighted by Gasteiger charge is 2.17. The Kier molecular flexibility index (Phi) is 3.16. The lowest BCUT2D eigenvalue weighted by atomic mass is 10.2. The van der Waals surface area contributed by atoms with Crippen LogP contribution in [0.3, 0.4) is 0 Å². The Hall–Kier alpha value is -0.770. The SMILES string of the molecule is CCCCCN1NCNC1=O. The van der Waals surface area contributed by atoms with Gasteiger partial charge in [0, 0.05) is 6.54 Å². The zero-order chi connectivity index (χ0) is 8.10. The van der Waals surface area contributed by atoms with Crippen molar-refractivity contribution >= 4 is 6.03 Å². The van der Waals surface area contributed by atoms with E-state index in [0.29, 0.717) is 6.67 Å². The molecule has 2 N–H and O–H groups in total. The molecule has 1 saturated heterocycles. The van der Waals surface area contributed by atoms with Crippen LogP contribution in [0.2, 0.25) is 0 Å². The molecule has 64 valence electrons. The molecule has 2 amide bonds. The van der Waals surface area contributed by atoms with Crippen molar-refractivity contribution in [3.63, 3.8) is 0 Å². The molecular weight excluding hydrogens is 142 g/mol. The smallest absolute Gasteiger partial charge is 0.323 e. The molecule has 0 unspecified atom stereocenters. The fraction of sp³-hybridized carbons (Fsp3) is 0.857. The van der Waals surface area contributed by atoms with Gasteiger partial charge >= 0.3 is 6.03 Å². The van der Waals surface area contributed by atoms with Crippen molar-refractivity contribution in [1.29, 1.82) is 0 Å². The molecule has 1 rings (SSSR count). The lowest BCUT2D eigenvalue weighted by molar-refractivity contribution is 0.200. The van der Waals surface area contributed by atoms with Gasteiger partial charge in [-0.25, -0.2) is 10.2 Å². The summed E-state index contributed by atoms with van der Waals surface area (Å²) >= 11 is 0. The molecule has 0 saturated carbocycles. The molecule has 0 spiro atoms. The number of rotatable bonds is 4. The summed E-state index contributed by atoms with van der Waals surface area (Å²) in [7, 11) is 0. The lowest BCUT2D eigenvalue weighted by Gasteiger charge is -2.12. The number of carbonyl (C=O) groups is 1. The van der Waals surface area contributed by atoms with Crippen LogP contribution in [-0.2, 0) is 0 Å². The van der Waals surface area contributed by atoms with Gasteiger partial charge in [-0.15, -0.1) is 0 Å². The second-order valence-corrected chi connectivity index (χ2v) is 2.68. The van der Waals surface area contributed by atoms with Gasteiger partial charge in [0.25, 0.3) is 0 Å². The number of unbranched alkanes of at least 4 members (excludes halogenated alkanes) is 2. The molecule has 1 fully saturated rings. The maximum Gasteiger partial charge on any atom is 0.332 e. The van der Waals surface area contributed by atoms with E-state index in [-0.39, 0.29) is 6.03 Å². The van der Waals surface area contributed by atoms with Crippen molar-refractivity contribution in [3.8, 4) is 0 Å². The zero-order valence-corrected chi connectivity index (χ0v) is 6.89. The first kappa shape index (κ1) is 8.33. The summed E-state index contributed by atoms with van der Waals surface area (Å²) in [6.45, 7) is 3.54. The Bertz CT molecular complexity index is 138. The second-order valence-electron chi connectivity index (χ2n) is 2.68. The molecule has 0 atom stereocenters. The highest BCUT2D eigenvalue weighted by atomic mass is 16.2. The highest BCUT2D eigenvalue weighted by molar-refractivity contribution is 5.75. The Morgan fingerprint density at radius 3 is 2.91 bits per heavy atom. The molecule has 0 aliphatic carbocycles. The summed E-state index contributed by atoms with van der Waals surface area (Å²) < 4.78 is 0. The molecular formula is C7H15N3O. The molecule has 4 nitrogen and oxygen atoms in total. The minimum atomic E-state index is 0.00102. The summed E-state index contributed by atoms with van der Waals surface area (Å²) in [6, 6.07) is 0.00102. The number of nitrogens with zero attached hydrogens (tertiary/aromatic N) is 1. The average molecular weight is 157 g/mol. The number of hydrazine groups is 1. The Balaban J connectivity index is 2.10. The minimum absolute atomic E-state index is 0.00102. The third-order valence-corrected chi connectivity index (χ3v) is 1.74. The van der Waals surface area contributed by atoms with Crippen LogP contribution in [0.1, 0.15) is 26.2 Å². The van der Waals surface area contributed by atoms with E-state index in [9.17, 15) is 4.79 Å². The van der Waals surface area contributed by atoms with Crippen molar-refractivity contribution in [2.24, 2.45) is 0 Å². The average Bonchev–Trinajstić information content (AvgIpc) is 2.37. The first-order valence-corrected chi connectivity index (χ1v) is 4.13. The van der Waals surface area contributed by atoms with Crippen LogP contribution in [0, 0.1) is 0 Å². The fourth-order valence-electron chi connectivity index (χ4n) is 1.08. The van der Waals surface area contributed by atoms with Crippen molar-refractivity contribution in [3.05, 3.63) is 0 Å². The maximum absolute atomic E-state index is 10.9. The molecule has 0 aromatic heterocycles. The molecule has 1 aliphatic heterocycles. The Morgan fingerprint density at radius 1 is 1.55 bits per heavy atom. The largest absolute Gasteiger partial charge is 0.332 e. The van der Waals surface area contributed by atoms with Crippen molar-refractivity contribution < 1.29 is 4.79 Å². The molecule has 0 bridgehead atoms. The van der Waals surface area contributed by atoms with Crippen LogP contribution in [0.4, 0.5) is 4.79 Å². The Morgan fingerprint density at radius 2 is 2.36 bits per heavy atom. The highest BCUT2D eigenvalue weighted by Crippen LogP contribution is 1.98. The summed E-state index contributed by atoms with van der Waals surface area (Å²) in [4.78, 5) is 10.9. The van der Waals surface area contributed by atoms with Gasteiger partial charge in [0.2, 0.25) is 0 Å². The summed E-state index contributed by atoms with van der Waals surface area (Å²) in [6.07, 6.45) is 3.46. The number of amides is 2. The van der Waals surface area contributed by atoms with E-state index in [1.54, 1.807) is 5.01 Å². The van der Waals surface area contributed by atoms with E-state index < -0.39 is 0 Å². The van der Waals surface area contributed by atoms with Crippen LogP contribution in [0.25, 0.3) is 0 Å². The van der Waals surface area contributed by atoms with Gasteiger partial charge in [-0.3, -0.25) is 5.01 Å². The van der Waals surface area contributed by atoms with Crippen LogP contribution in [-0.4, -0.2) is 24.3 Å². The van der Waals surface area contributed by atoms with Crippen LogP contribution < -0.4 is 10.7 Å². The standard InChI is InChI=1S/C7H15N3O/c1-2-3-4-5-10-7(11)8-6-9-10/h9H,2-6H2,1H3,(H,8,11). The minimum Gasteiger partial charge on any atom is -0.323 e. The van der Waals surface area contributed by atoms with Crippen LogP contribution >= 0.6 is 0 Å². The van der Waals surface area contributed by atoms with E-state index in [0.717, 1.165) is 13.0 Å². The second kappa shape index (κ2) is 4.18. The predicted octanol–water partition coefficient (Wildman–Crippen LogP) is 0.664. The number of carbonyl (C=O) groups excluding carboxylic acids is 1. The van der Waals surface area contributed by atoms with Crippen LogP contribution in [0.5, 0.6) is 0 Å². The third kappa shape index (κ3) is 2.38. The summed E-state index contributed by atoms with van der Waals surface area (Å²) in [5.41, 5.74) is 2.94. The van der Waals surface area contributed by atoms with Gasteiger partial charge in [0.1, 0.15) is 0 Å². The van der Waals surface area contributed by atoms with Gasteiger partial charge in [-0.1, -0.05) is 19.8 Å². The molecule has 4 heteroatoms. The summed E-state index contributed by atoms with van der Waals surface area (Å²) in [5, 5.41) is 4.31. The monoisotopic (exact) mass is 157 g/mol. The lowest BCUT2D eigenvalue weighted by Crippen LogP contribution is -2.35. The normalized spacial score (nSPS) is 17.2. The number of hydrogen-bond acceptors (Lipinski definition) is 2. The van der Waals surface area contributed by atoms with Gasteiger partial charge < -0.3 is 5.32 Å². The molecule has 1 heterocycles. The molecule has 0 aromatic rings. The molecule has 0 radical (unpaired) electrons. The first-order valence-electron chi connectivity index (χ1n) is 4.13. The number of urea groups is 1. The summed E-state index contributed by atoms with van der Waals surface area (Å²) in [5.74, 6) is 0. The quantitative estimate of drug-likeness (QED) is 0.589. The fourth-order valence-corrected chi connectivity index (χ4v) is 1.08. The van der Waals surface area contributed by atoms with E-state index in [1.165, 1.54) is 12.8 Å². The molecule has 1 aliphatic rings. The first-order chi connectivity index (χ1) is 5.34. The van der Waals surface area contributed by atoms with Crippen molar-refractivity contribution in [2.45, 2.75) is 26.2 Å². The van der Waals surface area contributed by atoms with Crippen molar-refractivity contribution in [2.75, 3.05) is 13.2 Å². The zero-order valence-electron chi connectivity index (χ0n) is 6.89. The van der Waals surface area contributed by atoms with E-state index in [2.05, 4.69) is 17.7 Å². The number of nitrogens with one attached hydrogen (secondary N) is 2. The predicted molar refractivity (Wildman–Crippen MR) is 42.8 cm³/mol. The third-order valence-electron chi connectivity index (χ3n) is 1.74. The Labute approximate surface area is 66.9 Å².